The maximum absolute atomic E-state index is 14.5. The van der Waals surface area contributed by atoms with Gasteiger partial charge in [0, 0.05) is 41.6 Å². The van der Waals surface area contributed by atoms with Crippen LogP contribution in [-0.2, 0) is 14.4 Å². The molecule has 4 rings (SSSR count). The molecule has 4 aliphatic carbocycles. The summed E-state index contributed by atoms with van der Waals surface area (Å²) in [6, 6.07) is 0. The molecule has 3 nitrogen and oxygen atoms in total. The van der Waals surface area contributed by atoms with E-state index in [0.717, 1.165) is 6.42 Å². The number of fused-ring (bicyclic) bond motifs is 5. The van der Waals surface area contributed by atoms with Gasteiger partial charge in [-0.05, 0) is 31.1 Å². The van der Waals surface area contributed by atoms with Crippen molar-refractivity contribution in [3.63, 3.8) is 0 Å². The summed E-state index contributed by atoms with van der Waals surface area (Å²) in [5.74, 6) is -4.86. The predicted octanol–water partition coefficient (Wildman–Crippen LogP) is 3.51. The van der Waals surface area contributed by atoms with Crippen LogP contribution in [-0.4, -0.2) is 23.3 Å². The fraction of sp³-hybridized carbons (Fsp3) is 0.737. The van der Waals surface area contributed by atoms with Gasteiger partial charge in [0.2, 0.25) is 5.78 Å². The van der Waals surface area contributed by atoms with Crippen LogP contribution < -0.4 is 0 Å². The van der Waals surface area contributed by atoms with Crippen LogP contribution >= 0.6 is 0 Å². The number of carbonyl (C=O) groups is 3. The first kappa shape index (κ1) is 16.1. The number of ketones is 3. The van der Waals surface area contributed by atoms with Crippen LogP contribution in [0.3, 0.4) is 0 Å². The molecule has 3 saturated carbocycles. The van der Waals surface area contributed by atoms with Crippen molar-refractivity contribution in [1.29, 1.82) is 0 Å². The van der Waals surface area contributed by atoms with Crippen molar-refractivity contribution in [2.75, 3.05) is 0 Å². The highest BCUT2D eigenvalue weighted by atomic mass is 19.3. The summed E-state index contributed by atoms with van der Waals surface area (Å²) in [6.45, 7) is 3.61. The molecule has 0 aromatic rings. The van der Waals surface area contributed by atoms with Gasteiger partial charge in [-0.3, -0.25) is 14.4 Å². The molecule has 0 aliphatic heterocycles. The van der Waals surface area contributed by atoms with E-state index in [-0.39, 0.29) is 41.8 Å². The van der Waals surface area contributed by atoms with Crippen LogP contribution in [0.2, 0.25) is 0 Å². The van der Waals surface area contributed by atoms with E-state index in [1.54, 1.807) is 6.92 Å². The molecule has 0 aromatic heterocycles. The second-order valence-corrected chi connectivity index (χ2v) is 8.54. The number of carbonyl (C=O) groups excluding carboxylic acids is 3. The lowest BCUT2D eigenvalue weighted by atomic mass is 9.47. The Hall–Kier alpha value is -1.39. The smallest absolute Gasteiger partial charge is 0.299 e. The van der Waals surface area contributed by atoms with E-state index in [1.165, 1.54) is 6.08 Å². The summed E-state index contributed by atoms with van der Waals surface area (Å²) >= 11 is 0. The zero-order chi connectivity index (χ0) is 17.5. The van der Waals surface area contributed by atoms with Gasteiger partial charge in [-0.15, -0.1) is 0 Å². The number of halogens is 2. The number of hydrogen-bond acceptors (Lipinski definition) is 3. The van der Waals surface area contributed by atoms with Crippen LogP contribution in [0, 0.1) is 28.6 Å². The first-order valence-corrected chi connectivity index (χ1v) is 8.80. The van der Waals surface area contributed by atoms with Gasteiger partial charge < -0.3 is 0 Å². The summed E-state index contributed by atoms with van der Waals surface area (Å²) in [5.41, 5.74) is -1.72. The van der Waals surface area contributed by atoms with Gasteiger partial charge in [0.15, 0.2) is 0 Å². The SMILES string of the molecule is C[C@]12CCC(=O)C(F)(F)C1=CC[C@@H]1[C@@H]2C(=O)C[C@]2(C)C(=O)CC[C@@H]12. The number of allylic oxidation sites excluding steroid dienone is 2. The Morgan fingerprint density at radius 1 is 1.04 bits per heavy atom. The molecule has 0 unspecified atom stereocenters. The summed E-state index contributed by atoms with van der Waals surface area (Å²) < 4.78 is 29.0. The highest BCUT2D eigenvalue weighted by molar-refractivity contribution is 5.97. The average Bonchev–Trinajstić information content (AvgIpc) is 2.78. The van der Waals surface area contributed by atoms with Gasteiger partial charge in [0.1, 0.15) is 11.6 Å². The Morgan fingerprint density at radius 2 is 1.75 bits per heavy atom. The molecule has 4 aliphatic rings. The van der Waals surface area contributed by atoms with Gasteiger partial charge in [-0.1, -0.05) is 19.9 Å². The average molecular weight is 336 g/mol. The van der Waals surface area contributed by atoms with E-state index in [4.69, 9.17) is 0 Å². The van der Waals surface area contributed by atoms with Crippen LogP contribution in [0.5, 0.6) is 0 Å². The Bertz CT molecular complexity index is 695. The molecule has 0 saturated heterocycles. The first-order chi connectivity index (χ1) is 11.1. The summed E-state index contributed by atoms with van der Waals surface area (Å²) in [4.78, 5) is 37.0. The van der Waals surface area contributed by atoms with E-state index in [1.807, 2.05) is 6.92 Å². The van der Waals surface area contributed by atoms with Crippen LogP contribution in [0.25, 0.3) is 0 Å². The quantitative estimate of drug-likeness (QED) is 0.636. The van der Waals surface area contributed by atoms with E-state index in [9.17, 15) is 23.2 Å². The predicted molar refractivity (Wildman–Crippen MR) is 82.4 cm³/mol. The minimum absolute atomic E-state index is 0.0551. The van der Waals surface area contributed by atoms with Crippen molar-refractivity contribution in [3.05, 3.63) is 11.6 Å². The molecule has 0 heterocycles. The minimum atomic E-state index is -3.45. The van der Waals surface area contributed by atoms with E-state index >= 15 is 0 Å². The van der Waals surface area contributed by atoms with Crippen molar-refractivity contribution < 1.29 is 23.2 Å². The second-order valence-electron chi connectivity index (χ2n) is 8.54. The molecule has 0 aromatic carbocycles. The lowest BCUT2D eigenvalue weighted by molar-refractivity contribution is -0.157. The Morgan fingerprint density at radius 3 is 2.46 bits per heavy atom. The monoisotopic (exact) mass is 336 g/mol. The van der Waals surface area contributed by atoms with Crippen LogP contribution in [0.1, 0.15) is 52.4 Å². The number of Topliss-reactive ketones (excluding diaryl/α,β-unsaturated/α-hetero) is 3. The summed E-state index contributed by atoms with van der Waals surface area (Å²) in [5, 5.41) is 0. The Labute approximate surface area is 139 Å². The molecule has 0 spiro atoms. The van der Waals surface area contributed by atoms with Crippen molar-refractivity contribution in [1.82, 2.24) is 0 Å². The fourth-order valence-corrected chi connectivity index (χ4v) is 6.20. The summed E-state index contributed by atoms with van der Waals surface area (Å²) in [6.07, 6.45) is 3.41. The molecule has 0 N–H and O–H groups in total. The molecule has 0 amide bonds. The second kappa shape index (κ2) is 4.61. The van der Waals surface area contributed by atoms with Gasteiger partial charge in [-0.2, -0.15) is 8.78 Å². The fourth-order valence-electron chi connectivity index (χ4n) is 6.20. The number of rotatable bonds is 0. The van der Waals surface area contributed by atoms with Crippen LogP contribution in [0.4, 0.5) is 8.78 Å². The third-order valence-corrected chi connectivity index (χ3v) is 7.43. The van der Waals surface area contributed by atoms with Crippen molar-refractivity contribution in [2.45, 2.75) is 58.3 Å². The Kier molecular flexibility index (Phi) is 3.09. The molecule has 24 heavy (non-hydrogen) atoms. The summed E-state index contributed by atoms with van der Waals surface area (Å²) in [7, 11) is 0. The molecule has 130 valence electrons. The highest BCUT2D eigenvalue weighted by Crippen LogP contribution is 2.64. The molecule has 3 fully saturated rings. The van der Waals surface area contributed by atoms with Gasteiger partial charge in [-0.25, -0.2) is 0 Å². The minimum Gasteiger partial charge on any atom is -0.299 e. The first-order valence-electron chi connectivity index (χ1n) is 8.80. The molecule has 0 radical (unpaired) electrons. The van der Waals surface area contributed by atoms with Gasteiger partial charge in [0.25, 0.3) is 0 Å². The lowest BCUT2D eigenvalue weighted by Gasteiger charge is -2.55. The zero-order valence-corrected chi connectivity index (χ0v) is 14.0. The standard InChI is InChI=1S/C19H22F2O3/c1-17-8-7-15(24)19(20,21)13(17)5-3-10-11-4-6-14(23)18(11,2)9-12(22)16(10)17/h5,10-11,16H,3-4,6-9H2,1-2H3/t10-,11-,16+,17-,18-/m0/s1. The third-order valence-electron chi connectivity index (χ3n) is 7.43. The maximum Gasteiger partial charge on any atom is 0.327 e. The largest absolute Gasteiger partial charge is 0.327 e. The number of hydrogen-bond donors (Lipinski definition) is 0. The van der Waals surface area contributed by atoms with Crippen LogP contribution in [0.15, 0.2) is 11.6 Å². The zero-order valence-electron chi connectivity index (χ0n) is 14.0. The van der Waals surface area contributed by atoms with Crippen molar-refractivity contribution in [3.8, 4) is 0 Å². The molecular formula is C19H22F2O3. The molecule has 5 atom stereocenters. The van der Waals surface area contributed by atoms with Gasteiger partial charge >= 0.3 is 5.92 Å². The van der Waals surface area contributed by atoms with E-state index in [2.05, 4.69) is 0 Å². The molecule has 0 bridgehead atoms. The number of alkyl halides is 2. The van der Waals surface area contributed by atoms with Gasteiger partial charge in [0.05, 0.1) is 0 Å². The van der Waals surface area contributed by atoms with E-state index in [0.29, 0.717) is 19.3 Å². The molecular weight excluding hydrogens is 314 g/mol. The van der Waals surface area contributed by atoms with Crippen molar-refractivity contribution >= 4 is 17.3 Å². The Balaban J connectivity index is 1.82. The third kappa shape index (κ3) is 1.73. The lowest BCUT2D eigenvalue weighted by Crippen LogP contribution is -2.58. The van der Waals surface area contributed by atoms with Crippen molar-refractivity contribution in [2.24, 2.45) is 28.6 Å². The van der Waals surface area contributed by atoms with E-state index < -0.39 is 28.5 Å². The topological polar surface area (TPSA) is 51.2 Å². The molecule has 5 heteroatoms. The normalized spacial score (nSPS) is 46.9. The highest BCUT2D eigenvalue weighted by Gasteiger charge is 2.66. The maximum atomic E-state index is 14.5.